The van der Waals surface area contributed by atoms with Crippen LogP contribution in [0.4, 0.5) is 8.78 Å². The van der Waals surface area contributed by atoms with Crippen molar-refractivity contribution in [2.75, 3.05) is 26.7 Å². The number of benzene rings is 1. The quantitative estimate of drug-likeness (QED) is 0.906. The van der Waals surface area contributed by atoms with Gasteiger partial charge in [-0.05, 0) is 31.5 Å². The van der Waals surface area contributed by atoms with Crippen LogP contribution in [0.25, 0.3) is 0 Å². The number of nitrogens with one attached hydrogen (secondary N) is 1. The van der Waals surface area contributed by atoms with Gasteiger partial charge in [-0.25, -0.2) is 0 Å². The zero-order valence-corrected chi connectivity index (χ0v) is 12.7. The van der Waals surface area contributed by atoms with Crippen LogP contribution >= 0.6 is 0 Å². The molecule has 0 spiro atoms. The van der Waals surface area contributed by atoms with Gasteiger partial charge in [0.25, 0.3) is 0 Å². The second kappa shape index (κ2) is 6.58. The molecule has 1 heterocycles. The molecule has 0 atom stereocenters. The fourth-order valence-electron chi connectivity index (χ4n) is 2.54. The number of halogens is 2. The first-order chi connectivity index (χ1) is 9.92. The molecule has 0 unspecified atom stereocenters. The first-order valence-corrected chi connectivity index (χ1v) is 7.00. The van der Waals surface area contributed by atoms with Gasteiger partial charge in [0.2, 0.25) is 0 Å². The molecule has 0 aliphatic carbocycles. The van der Waals surface area contributed by atoms with Gasteiger partial charge in [-0.1, -0.05) is 6.07 Å². The van der Waals surface area contributed by atoms with Crippen LogP contribution in [-0.2, 0) is 6.54 Å². The smallest absolute Gasteiger partial charge is 0.387 e. The first-order valence-electron chi connectivity index (χ1n) is 7.00. The Bertz CT molecular complexity index is 481. The zero-order chi connectivity index (χ0) is 15.5. The van der Waals surface area contributed by atoms with Gasteiger partial charge in [0.1, 0.15) is 0 Å². The summed E-state index contributed by atoms with van der Waals surface area (Å²) < 4.78 is 34.5. The fraction of sp³-hybridized carbons (Fsp3) is 0.600. The second-order valence-corrected chi connectivity index (χ2v) is 5.77. The summed E-state index contributed by atoms with van der Waals surface area (Å²) in [6, 6.07) is 5.18. The van der Waals surface area contributed by atoms with Gasteiger partial charge in [0, 0.05) is 31.7 Å². The standard InChI is InChI=1S/C15H22F2N2O2/c1-15(2)10-18-6-7-19(15)9-11-4-5-12(20-3)13(8-11)21-14(16)17/h4-5,8,14,18H,6-7,9-10H2,1-3H3. The van der Waals surface area contributed by atoms with Gasteiger partial charge in [-0.15, -0.1) is 0 Å². The summed E-state index contributed by atoms with van der Waals surface area (Å²) in [7, 11) is 1.44. The number of hydrogen-bond donors (Lipinski definition) is 1. The topological polar surface area (TPSA) is 33.7 Å². The highest BCUT2D eigenvalue weighted by Gasteiger charge is 2.29. The molecule has 1 saturated heterocycles. The van der Waals surface area contributed by atoms with Gasteiger partial charge in [0.05, 0.1) is 7.11 Å². The van der Waals surface area contributed by atoms with Crippen LogP contribution < -0.4 is 14.8 Å². The Morgan fingerprint density at radius 1 is 1.33 bits per heavy atom. The summed E-state index contributed by atoms with van der Waals surface area (Å²) in [6.45, 7) is 4.93. The summed E-state index contributed by atoms with van der Waals surface area (Å²) in [5.74, 6) is 0.400. The average Bonchev–Trinajstić information content (AvgIpc) is 2.41. The van der Waals surface area contributed by atoms with Gasteiger partial charge in [-0.3, -0.25) is 4.90 Å². The Hall–Kier alpha value is -1.40. The number of piperazine rings is 1. The average molecular weight is 300 g/mol. The van der Waals surface area contributed by atoms with E-state index in [0.717, 1.165) is 25.2 Å². The van der Waals surface area contributed by atoms with Crippen molar-refractivity contribution in [2.45, 2.75) is 32.5 Å². The molecule has 1 aromatic carbocycles. The van der Waals surface area contributed by atoms with Crippen molar-refractivity contribution in [1.82, 2.24) is 10.2 Å². The summed E-state index contributed by atoms with van der Waals surface area (Å²) in [5, 5.41) is 3.36. The molecule has 1 aromatic rings. The minimum atomic E-state index is -2.86. The number of methoxy groups -OCH3 is 1. The fourth-order valence-corrected chi connectivity index (χ4v) is 2.54. The molecule has 4 nitrogen and oxygen atoms in total. The molecule has 0 saturated carbocycles. The second-order valence-electron chi connectivity index (χ2n) is 5.77. The first kappa shape index (κ1) is 16.0. The van der Waals surface area contributed by atoms with Crippen LogP contribution in [0.5, 0.6) is 11.5 Å². The SMILES string of the molecule is COc1ccc(CN2CCNCC2(C)C)cc1OC(F)F. The Kier molecular flexibility index (Phi) is 5.00. The molecule has 0 bridgehead atoms. The van der Waals surface area contributed by atoms with Gasteiger partial charge in [-0.2, -0.15) is 8.78 Å². The van der Waals surface area contributed by atoms with E-state index in [1.54, 1.807) is 12.1 Å². The molecule has 118 valence electrons. The highest BCUT2D eigenvalue weighted by atomic mass is 19.3. The van der Waals surface area contributed by atoms with E-state index in [4.69, 9.17) is 4.74 Å². The largest absolute Gasteiger partial charge is 0.493 e. The van der Waals surface area contributed by atoms with Crippen LogP contribution in [0.2, 0.25) is 0 Å². The van der Waals surface area contributed by atoms with E-state index in [1.165, 1.54) is 7.11 Å². The van der Waals surface area contributed by atoms with E-state index in [1.807, 2.05) is 6.07 Å². The van der Waals surface area contributed by atoms with Crippen LogP contribution in [0.3, 0.4) is 0 Å². The molecular formula is C15H22F2N2O2. The molecule has 21 heavy (non-hydrogen) atoms. The van der Waals surface area contributed by atoms with Gasteiger partial charge >= 0.3 is 6.61 Å². The predicted octanol–water partition coefficient (Wildman–Crippen LogP) is 2.48. The molecule has 0 amide bonds. The van der Waals surface area contributed by atoms with E-state index in [2.05, 4.69) is 28.8 Å². The van der Waals surface area contributed by atoms with E-state index < -0.39 is 6.61 Å². The summed E-state index contributed by atoms with van der Waals surface area (Å²) >= 11 is 0. The summed E-state index contributed by atoms with van der Waals surface area (Å²) in [6.07, 6.45) is 0. The third kappa shape index (κ3) is 4.04. The Morgan fingerprint density at radius 2 is 2.10 bits per heavy atom. The monoisotopic (exact) mass is 300 g/mol. The van der Waals surface area contributed by atoms with Gasteiger partial charge < -0.3 is 14.8 Å². The highest BCUT2D eigenvalue weighted by Crippen LogP contribution is 2.30. The molecular weight excluding hydrogens is 278 g/mol. The summed E-state index contributed by atoms with van der Waals surface area (Å²) in [4.78, 5) is 2.33. The maximum Gasteiger partial charge on any atom is 0.387 e. The zero-order valence-electron chi connectivity index (χ0n) is 12.7. The highest BCUT2D eigenvalue weighted by molar-refractivity contribution is 5.43. The number of hydrogen-bond acceptors (Lipinski definition) is 4. The lowest BCUT2D eigenvalue weighted by atomic mass is 9.99. The molecule has 2 rings (SSSR count). The van der Waals surface area contributed by atoms with Gasteiger partial charge in [0.15, 0.2) is 11.5 Å². The molecule has 0 aromatic heterocycles. The lowest BCUT2D eigenvalue weighted by molar-refractivity contribution is -0.0513. The minimum Gasteiger partial charge on any atom is -0.493 e. The van der Waals surface area contributed by atoms with Crippen LogP contribution in [0.15, 0.2) is 18.2 Å². The third-order valence-corrected chi connectivity index (χ3v) is 3.79. The maximum absolute atomic E-state index is 12.5. The van der Waals surface area contributed by atoms with Crippen molar-refractivity contribution < 1.29 is 18.3 Å². The molecule has 1 aliphatic rings. The van der Waals surface area contributed by atoms with Crippen molar-refractivity contribution in [3.8, 4) is 11.5 Å². The van der Waals surface area contributed by atoms with Crippen molar-refractivity contribution in [1.29, 1.82) is 0 Å². The number of rotatable bonds is 5. The van der Waals surface area contributed by atoms with Crippen LogP contribution in [-0.4, -0.2) is 43.8 Å². The van der Waals surface area contributed by atoms with E-state index in [9.17, 15) is 8.78 Å². The number of alkyl halides is 2. The maximum atomic E-state index is 12.5. The Labute approximate surface area is 124 Å². The lowest BCUT2D eigenvalue weighted by Crippen LogP contribution is -2.57. The van der Waals surface area contributed by atoms with E-state index in [-0.39, 0.29) is 11.3 Å². The van der Waals surface area contributed by atoms with E-state index >= 15 is 0 Å². The normalized spacial score (nSPS) is 18.8. The Balaban J connectivity index is 2.16. The molecule has 1 N–H and O–H groups in total. The minimum absolute atomic E-state index is 0.0297. The van der Waals surface area contributed by atoms with Crippen LogP contribution in [0.1, 0.15) is 19.4 Å². The third-order valence-electron chi connectivity index (χ3n) is 3.79. The Morgan fingerprint density at radius 3 is 2.71 bits per heavy atom. The molecule has 6 heteroatoms. The predicted molar refractivity (Wildman–Crippen MR) is 77.0 cm³/mol. The lowest BCUT2D eigenvalue weighted by Gasteiger charge is -2.43. The van der Waals surface area contributed by atoms with E-state index in [0.29, 0.717) is 12.3 Å². The van der Waals surface area contributed by atoms with Crippen molar-refractivity contribution in [3.05, 3.63) is 23.8 Å². The number of nitrogens with zero attached hydrogens (tertiary/aromatic N) is 1. The van der Waals surface area contributed by atoms with Crippen LogP contribution in [0, 0.1) is 0 Å². The summed E-state index contributed by atoms with van der Waals surface area (Å²) in [5.41, 5.74) is 0.962. The number of ether oxygens (including phenoxy) is 2. The van der Waals surface area contributed by atoms with Crippen molar-refractivity contribution in [2.24, 2.45) is 0 Å². The van der Waals surface area contributed by atoms with Crippen molar-refractivity contribution in [3.63, 3.8) is 0 Å². The molecule has 0 radical (unpaired) electrons. The molecule has 1 fully saturated rings. The molecule has 1 aliphatic heterocycles. The van der Waals surface area contributed by atoms with Crippen molar-refractivity contribution >= 4 is 0 Å².